The second kappa shape index (κ2) is 13.3. The van der Waals surface area contributed by atoms with E-state index in [-0.39, 0.29) is 22.7 Å². The first kappa shape index (κ1) is 30.6. The van der Waals surface area contributed by atoms with E-state index in [9.17, 15) is 14.0 Å². The summed E-state index contributed by atoms with van der Waals surface area (Å²) in [5.74, 6) is 6.42. The van der Waals surface area contributed by atoms with Gasteiger partial charge in [-0.15, -0.1) is 11.3 Å². The molecular weight excluding hydrogens is 619 g/mol. The molecule has 2 unspecified atom stereocenters. The van der Waals surface area contributed by atoms with Crippen molar-refractivity contribution >= 4 is 40.8 Å². The third-order valence-corrected chi connectivity index (χ3v) is 9.02. The second-order valence-electron chi connectivity index (χ2n) is 10.7. The Morgan fingerprint density at radius 2 is 2.00 bits per heavy atom. The number of urea groups is 1. The number of nitrogens with one attached hydrogen (secondary N) is 1. The molecule has 232 valence electrons. The number of amidine groups is 1. The van der Waals surface area contributed by atoms with E-state index < -0.39 is 17.8 Å². The fourth-order valence-corrected chi connectivity index (χ4v) is 6.58. The Balaban J connectivity index is 1.21. The Morgan fingerprint density at radius 3 is 2.71 bits per heavy atom. The summed E-state index contributed by atoms with van der Waals surface area (Å²) >= 11 is 7.88. The van der Waals surface area contributed by atoms with Crippen LogP contribution in [0.25, 0.3) is 0 Å². The Hall–Kier alpha value is -4.44. The van der Waals surface area contributed by atoms with Crippen LogP contribution in [0.1, 0.15) is 22.2 Å². The van der Waals surface area contributed by atoms with Crippen molar-refractivity contribution in [3.63, 3.8) is 0 Å². The number of piperazine rings is 1. The number of aliphatic imine (C=N–C) groups is 1. The van der Waals surface area contributed by atoms with Crippen LogP contribution < -0.4 is 10.1 Å². The van der Waals surface area contributed by atoms with Crippen molar-refractivity contribution in [1.29, 1.82) is 0 Å². The molecule has 3 aliphatic heterocycles. The maximum Gasteiger partial charge on any atom is 0.338 e. The predicted molar refractivity (Wildman–Crippen MR) is 169 cm³/mol. The standard InChI is InChI=1S/C32H30ClFN6O4S/c1-43-23-8-5-20(6-9-23)4-3-12-39-18-22-17-38(13-14-40(22)32(39)42)19-26-27(31(41)44-2)28(24-10-7-21(34)16-25(24)33)37-29(36-26)30-35-11-15-45-30/h5-11,15-16,22,28H,12-14,17-19H2,1-2H3,(H,36,37). The smallest absolute Gasteiger partial charge is 0.338 e. The maximum atomic E-state index is 14.0. The largest absolute Gasteiger partial charge is 0.497 e. The molecule has 2 amide bonds. The fourth-order valence-electron chi connectivity index (χ4n) is 5.72. The van der Waals surface area contributed by atoms with Gasteiger partial charge in [0.25, 0.3) is 0 Å². The first-order valence-corrected chi connectivity index (χ1v) is 15.5. The minimum Gasteiger partial charge on any atom is -0.497 e. The van der Waals surface area contributed by atoms with Gasteiger partial charge in [-0.25, -0.2) is 19.0 Å². The van der Waals surface area contributed by atoms with Gasteiger partial charge in [0.2, 0.25) is 0 Å². The van der Waals surface area contributed by atoms with Crippen LogP contribution in [-0.4, -0.2) is 97.0 Å². The number of hydrogen-bond acceptors (Lipinski definition) is 9. The Labute approximate surface area is 269 Å². The highest BCUT2D eigenvalue weighted by atomic mass is 35.5. The summed E-state index contributed by atoms with van der Waals surface area (Å²) < 4.78 is 24.4. The van der Waals surface area contributed by atoms with E-state index in [0.717, 1.165) is 11.3 Å². The van der Waals surface area contributed by atoms with Gasteiger partial charge in [-0.3, -0.25) is 9.89 Å². The number of carbonyl (C=O) groups excluding carboxylic acids is 2. The molecule has 6 rings (SSSR count). The van der Waals surface area contributed by atoms with Gasteiger partial charge in [-0.2, -0.15) is 0 Å². The molecule has 13 heteroatoms. The molecular formula is C32H30ClFN6O4S. The van der Waals surface area contributed by atoms with Crippen LogP contribution in [0.15, 0.2) is 70.3 Å². The van der Waals surface area contributed by atoms with E-state index >= 15 is 0 Å². The molecule has 2 atom stereocenters. The Bertz CT molecular complexity index is 1720. The highest BCUT2D eigenvalue weighted by molar-refractivity contribution is 7.11. The number of esters is 1. The van der Waals surface area contributed by atoms with Crippen molar-refractivity contribution < 1.29 is 23.5 Å². The van der Waals surface area contributed by atoms with Crippen molar-refractivity contribution in [2.45, 2.75) is 12.1 Å². The third kappa shape index (κ3) is 6.51. The number of halogens is 2. The average molecular weight is 649 g/mol. The third-order valence-electron chi connectivity index (χ3n) is 7.91. The molecule has 45 heavy (non-hydrogen) atoms. The van der Waals surface area contributed by atoms with Crippen LogP contribution in [-0.2, 0) is 9.53 Å². The number of methoxy groups -OCH3 is 2. The molecule has 0 saturated carbocycles. The van der Waals surface area contributed by atoms with Crippen LogP contribution in [0.4, 0.5) is 9.18 Å². The number of aromatic nitrogens is 1. The maximum absolute atomic E-state index is 14.0. The van der Waals surface area contributed by atoms with Crippen molar-refractivity contribution in [1.82, 2.24) is 25.0 Å². The number of hydrogen-bond donors (Lipinski definition) is 1. The summed E-state index contributed by atoms with van der Waals surface area (Å²) in [6, 6.07) is 10.6. The summed E-state index contributed by atoms with van der Waals surface area (Å²) in [6.07, 6.45) is 1.67. The normalized spacial score (nSPS) is 19.8. The van der Waals surface area contributed by atoms with Gasteiger partial charge in [0, 0.05) is 66.1 Å². The van der Waals surface area contributed by atoms with Gasteiger partial charge in [-0.05, 0) is 36.4 Å². The molecule has 10 nitrogen and oxygen atoms in total. The summed E-state index contributed by atoms with van der Waals surface area (Å²) in [4.78, 5) is 41.5. The fraction of sp³-hybridized carbons (Fsp3) is 0.312. The van der Waals surface area contributed by atoms with Gasteiger partial charge >= 0.3 is 12.0 Å². The van der Waals surface area contributed by atoms with Crippen LogP contribution in [0.2, 0.25) is 5.02 Å². The van der Waals surface area contributed by atoms with Gasteiger partial charge < -0.3 is 24.6 Å². The van der Waals surface area contributed by atoms with Crippen LogP contribution in [0.3, 0.4) is 0 Å². The second-order valence-corrected chi connectivity index (χ2v) is 12.0. The lowest BCUT2D eigenvalue weighted by Gasteiger charge is -2.38. The number of ether oxygens (including phenoxy) is 2. The van der Waals surface area contributed by atoms with Crippen molar-refractivity contribution in [3.05, 3.63) is 92.3 Å². The zero-order valence-corrected chi connectivity index (χ0v) is 26.2. The molecule has 1 aromatic heterocycles. The molecule has 2 saturated heterocycles. The number of nitrogens with zero attached hydrogens (tertiary/aromatic N) is 5. The SMILES string of the molecule is COC(=O)C1=C(CN2CCN3C(=O)N(CC#Cc4ccc(OC)cc4)CC3C2)NC(c2nccs2)=NC1c1ccc(F)cc1Cl. The first-order valence-electron chi connectivity index (χ1n) is 14.3. The van der Waals surface area contributed by atoms with Gasteiger partial charge in [0.1, 0.15) is 17.6 Å². The van der Waals surface area contributed by atoms with Gasteiger partial charge in [-0.1, -0.05) is 29.5 Å². The summed E-state index contributed by atoms with van der Waals surface area (Å²) in [5.41, 5.74) is 2.20. The molecule has 0 aliphatic carbocycles. The zero-order chi connectivity index (χ0) is 31.5. The molecule has 0 spiro atoms. The molecule has 2 fully saturated rings. The van der Waals surface area contributed by atoms with Crippen molar-refractivity contribution in [2.75, 3.05) is 53.5 Å². The van der Waals surface area contributed by atoms with E-state index in [2.05, 4.69) is 27.0 Å². The number of rotatable bonds is 7. The molecule has 2 aromatic carbocycles. The van der Waals surface area contributed by atoms with Crippen molar-refractivity contribution in [2.24, 2.45) is 4.99 Å². The predicted octanol–water partition coefficient (Wildman–Crippen LogP) is 3.94. The summed E-state index contributed by atoms with van der Waals surface area (Å²) in [6.45, 7) is 2.96. The molecule has 3 aliphatic rings. The number of amides is 2. The minimum absolute atomic E-state index is 0.0295. The highest BCUT2D eigenvalue weighted by Crippen LogP contribution is 2.37. The molecule has 4 heterocycles. The summed E-state index contributed by atoms with van der Waals surface area (Å²) in [5, 5.41) is 5.95. The van der Waals surface area contributed by atoms with Gasteiger partial charge in [0.15, 0.2) is 10.8 Å². The topological polar surface area (TPSA) is 99.6 Å². The number of carbonyl (C=O) groups is 2. The number of fused-ring (bicyclic) bond motifs is 1. The Kier molecular flexibility index (Phi) is 9.02. The Morgan fingerprint density at radius 1 is 1.18 bits per heavy atom. The monoisotopic (exact) mass is 648 g/mol. The minimum atomic E-state index is -0.838. The lowest BCUT2D eigenvalue weighted by atomic mass is 9.95. The van der Waals surface area contributed by atoms with Crippen LogP contribution in [0.5, 0.6) is 5.75 Å². The zero-order valence-electron chi connectivity index (χ0n) is 24.6. The van der Waals surface area contributed by atoms with Crippen molar-refractivity contribution in [3.8, 4) is 17.6 Å². The van der Waals surface area contributed by atoms with Crippen LogP contribution in [0, 0.1) is 17.7 Å². The quantitative estimate of drug-likeness (QED) is 0.306. The van der Waals surface area contributed by atoms with E-state index in [0.29, 0.717) is 61.4 Å². The number of thiazole rings is 1. The summed E-state index contributed by atoms with van der Waals surface area (Å²) in [7, 11) is 2.93. The first-order chi connectivity index (χ1) is 21.8. The van der Waals surface area contributed by atoms with E-state index in [1.54, 1.807) is 18.2 Å². The van der Waals surface area contributed by atoms with E-state index in [1.807, 2.05) is 34.5 Å². The number of benzene rings is 2. The molecule has 3 aromatic rings. The average Bonchev–Trinajstić information content (AvgIpc) is 3.69. The van der Waals surface area contributed by atoms with E-state index in [4.69, 9.17) is 26.1 Å². The van der Waals surface area contributed by atoms with E-state index in [1.165, 1.54) is 36.6 Å². The molecule has 1 N–H and O–H groups in total. The lowest BCUT2D eigenvalue weighted by Crippen LogP contribution is -2.53. The molecule has 0 bridgehead atoms. The lowest BCUT2D eigenvalue weighted by molar-refractivity contribution is -0.136. The van der Waals surface area contributed by atoms with Gasteiger partial charge in [0.05, 0.1) is 32.4 Å². The van der Waals surface area contributed by atoms with Crippen LogP contribution >= 0.6 is 22.9 Å². The molecule has 0 radical (unpaired) electrons. The highest BCUT2D eigenvalue weighted by Gasteiger charge is 2.41.